The van der Waals surface area contributed by atoms with Crippen molar-refractivity contribution in [2.24, 2.45) is 0 Å². The van der Waals surface area contributed by atoms with E-state index in [2.05, 4.69) is 9.88 Å². The second-order valence-corrected chi connectivity index (χ2v) is 6.82. The highest BCUT2D eigenvalue weighted by Crippen LogP contribution is 2.11. The van der Waals surface area contributed by atoms with Crippen LogP contribution >= 0.6 is 11.3 Å². The Morgan fingerprint density at radius 2 is 1.87 bits per heavy atom. The van der Waals surface area contributed by atoms with Crippen LogP contribution < -0.4 is 0 Å². The predicted octanol–water partition coefficient (Wildman–Crippen LogP) is 1.01. The summed E-state index contributed by atoms with van der Waals surface area (Å²) in [5.74, 6) is 0.303. The topological polar surface area (TPSA) is 56.8 Å². The molecule has 1 aliphatic heterocycles. The van der Waals surface area contributed by atoms with E-state index >= 15 is 0 Å². The molecule has 0 bridgehead atoms. The number of piperazine rings is 1. The number of aromatic nitrogens is 1. The maximum atomic E-state index is 12.3. The molecule has 0 aromatic carbocycles. The zero-order valence-corrected chi connectivity index (χ0v) is 15.1. The summed E-state index contributed by atoms with van der Waals surface area (Å²) in [6, 6.07) is 0. The van der Waals surface area contributed by atoms with Gasteiger partial charge in [-0.1, -0.05) is 0 Å². The van der Waals surface area contributed by atoms with E-state index in [9.17, 15) is 9.59 Å². The fourth-order valence-corrected chi connectivity index (χ4v) is 3.39. The Hall–Kier alpha value is -1.47. The number of hydrogen-bond acceptors (Lipinski definition) is 5. The van der Waals surface area contributed by atoms with E-state index in [0.717, 1.165) is 36.9 Å². The van der Waals surface area contributed by atoms with Crippen LogP contribution in [-0.4, -0.2) is 77.3 Å². The van der Waals surface area contributed by atoms with Crippen molar-refractivity contribution in [3.05, 3.63) is 16.1 Å². The average molecular weight is 338 g/mol. The SMILES string of the molecule is CCN(CC)C(=O)CN1CCN(C(=O)Cc2csc(C)n2)CC1. The first-order valence-electron chi connectivity index (χ1n) is 8.22. The van der Waals surface area contributed by atoms with Gasteiger partial charge in [-0.05, 0) is 20.8 Å². The van der Waals surface area contributed by atoms with Gasteiger partial charge in [0.15, 0.2) is 0 Å². The van der Waals surface area contributed by atoms with Crippen LogP contribution in [0.25, 0.3) is 0 Å². The van der Waals surface area contributed by atoms with E-state index in [1.165, 1.54) is 0 Å². The Kier molecular flexibility index (Phi) is 6.53. The summed E-state index contributed by atoms with van der Waals surface area (Å²) >= 11 is 1.57. The van der Waals surface area contributed by atoms with Gasteiger partial charge in [0.1, 0.15) is 0 Å². The maximum Gasteiger partial charge on any atom is 0.236 e. The van der Waals surface area contributed by atoms with Crippen molar-refractivity contribution in [3.8, 4) is 0 Å². The molecule has 1 aromatic heterocycles. The van der Waals surface area contributed by atoms with Gasteiger partial charge in [0, 0.05) is 44.6 Å². The summed E-state index contributed by atoms with van der Waals surface area (Å²) in [7, 11) is 0. The van der Waals surface area contributed by atoms with Gasteiger partial charge >= 0.3 is 0 Å². The molecule has 2 rings (SSSR count). The van der Waals surface area contributed by atoms with E-state index < -0.39 is 0 Å². The van der Waals surface area contributed by atoms with Gasteiger partial charge in [0.05, 0.1) is 23.7 Å². The summed E-state index contributed by atoms with van der Waals surface area (Å²) in [6.45, 7) is 10.8. The number of rotatable bonds is 6. The molecule has 0 aliphatic carbocycles. The molecule has 1 aromatic rings. The van der Waals surface area contributed by atoms with Crippen LogP contribution in [0.15, 0.2) is 5.38 Å². The molecule has 128 valence electrons. The summed E-state index contributed by atoms with van der Waals surface area (Å²) in [4.78, 5) is 34.6. The van der Waals surface area contributed by atoms with Gasteiger partial charge < -0.3 is 9.80 Å². The van der Waals surface area contributed by atoms with Crippen LogP contribution in [0.1, 0.15) is 24.5 Å². The predicted molar refractivity (Wildman–Crippen MR) is 91.5 cm³/mol. The molecule has 7 heteroatoms. The van der Waals surface area contributed by atoms with Crippen molar-refractivity contribution < 1.29 is 9.59 Å². The van der Waals surface area contributed by atoms with Crippen LogP contribution in [0.2, 0.25) is 0 Å². The van der Waals surface area contributed by atoms with E-state index in [-0.39, 0.29) is 11.8 Å². The van der Waals surface area contributed by atoms with Crippen LogP contribution in [0.3, 0.4) is 0 Å². The molecule has 0 saturated carbocycles. The number of aryl methyl sites for hydroxylation is 1. The van der Waals surface area contributed by atoms with Gasteiger partial charge in [-0.25, -0.2) is 4.98 Å². The average Bonchev–Trinajstić information content (AvgIpc) is 2.94. The van der Waals surface area contributed by atoms with Gasteiger partial charge in [-0.2, -0.15) is 0 Å². The molecule has 0 spiro atoms. The van der Waals surface area contributed by atoms with E-state index in [4.69, 9.17) is 0 Å². The molecule has 0 unspecified atom stereocenters. The third-order valence-electron chi connectivity index (χ3n) is 4.20. The largest absolute Gasteiger partial charge is 0.342 e. The van der Waals surface area contributed by atoms with Gasteiger partial charge in [0.25, 0.3) is 0 Å². The molecular weight excluding hydrogens is 312 g/mol. The van der Waals surface area contributed by atoms with Crippen LogP contribution in [0, 0.1) is 6.92 Å². The van der Waals surface area contributed by atoms with Crippen molar-refractivity contribution in [1.82, 2.24) is 19.7 Å². The zero-order chi connectivity index (χ0) is 16.8. The number of amides is 2. The maximum absolute atomic E-state index is 12.3. The highest BCUT2D eigenvalue weighted by molar-refractivity contribution is 7.09. The standard InChI is InChI=1S/C16H26N4O2S/c1-4-19(5-2)16(22)11-18-6-8-20(9-7-18)15(21)10-14-12-23-13(3)17-14/h12H,4-11H2,1-3H3. The number of thiazole rings is 1. The Morgan fingerprint density at radius 1 is 1.22 bits per heavy atom. The van der Waals surface area contributed by atoms with Crippen molar-refractivity contribution in [3.63, 3.8) is 0 Å². The van der Waals surface area contributed by atoms with Gasteiger partial charge in [0.2, 0.25) is 11.8 Å². The second-order valence-electron chi connectivity index (χ2n) is 5.76. The molecule has 1 fully saturated rings. The molecule has 0 radical (unpaired) electrons. The zero-order valence-electron chi connectivity index (χ0n) is 14.2. The van der Waals surface area contributed by atoms with Gasteiger partial charge in [-0.3, -0.25) is 14.5 Å². The normalized spacial score (nSPS) is 15.7. The molecule has 2 amide bonds. The minimum absolute atomic E-state index is 0.130. The van der Waals surface area contributed by atoms with Crippen molar-refractivity contribution >= 4 is 23.2 Å². The molecule has 2 heterocycles. The summed E-state index contributed by atoms with van der Waals surface area (Å²) in [5, 5.41) is 2.94. The van der Waals surface area contributed by atoms with Crippen molar-refractivity contribution in [1.29, 1.82) is 0 Å². The third-order valence-corrected chi connectivity index (χ3v) is 5.02. The molecule has 0 atom stereocenters. The Morgan fingerprint density at radius 3 is 2.39 bits per heavy atom. The lowest BCUT2D eigenvalue weighted by molar-refractivity contribution is -0.134. The van der Waals surface area contributed by atoms with Crippen LogP contribution in [-0.2, 0) is 16.0 Å². The summed E-state index contributed by atoms with van der Waals surface area (Å²) in [5.41, 5.74) is 0.858. The molecule has 1 saturated heterocycles. The first kappa shape index (κ1) is 17.9. The Labute approximate surface area is 142 Å². The fourth-order valence-electron chi connectivity index (χ4n) is 2.78. The Balaban J connectivity index is 1.77. The van der Waals surface area contributed by atoms with E-state index in [1.54, 1.807) is 11.3 Å². The molecule has 23 heavy (non-hydrogen) atoms. The number of nitrogens with zero attached hydrogens (tertiary/aromatic N) is 4. The molecule has 6 nitrogen and oxygen atoms in total. The number of carbonyl (C=O) groups is 2. The fraction of sp³-hybridized carbons (Fsp3) is 0.688. The first-order valence-corrected chi connectivity index (χ1v) is 9.10. The van der Waals surface area contributed by atoms with E-state index in [1.807, 2.05) is 36.0 Å². The summed E-state index contributed by atoms with van der Waals surface area (Å²) in [6.07, 6.45) is 0.378. The first-order chi connectivity index (χ1) is 11.0. The molecule has 0 N–H and O–H groups in total. The number of carbonyl (C=O) groups excluding carboxylic acids is 2. The second kappa shape index (κ2) is 8.40. The van der Waals surface area contributed by atoms with E-state index in [0.29, 0.717) is 26.1 Å². The minimum atomic E-state index is 0.130. The third kappa shape index (κ3) is 5.00. The van der Waals surface area contributed by atoms with Crippen molar-refractivity contribution in [2.45, 2.75) is 27.2 Å². The lowest BCUT2D eigenvalue weighted by Gasteiger charge is -2.35. The smallest absolute Gasteiger partial charge is 0.236 e. The monoisotopic (exact) mass is 338 g/mol. The number of likely N-dealkylation sites (N-methyl/N-ethyl adjacent to an activating group) is 1. The number of hydrogen-bond donors (Lipinski definition) is 0. The van der Waals surface area contributed by atoms with Crippen molar-refractivity contribution in [2.75, 3.05) is 45.8 Å². The highest BCUT2D eigenvalue weighted by Gasteiger charge is 2.23. The quantitative estimate of drug-likeness (QED) is 0.777. The van der Waals surface area contributed by atoms with Gasteiger partial charge in [-0.15, -0.1) is 11.3 Å². The molecular formula is C16H26N4O2S. The lowest BCUT2D eigenvalue weighted by atomic mass is 10.2. The van der Waals surface area contributed by atoms with Crippen LogP contribution in [0.5, 0.6) is 0 Å². The highest BCUT2D eigenvalue weighted by atomic mass is 32.1. The summed E-state index contributed by atoms with van der Waals surface area (Å²) < 4.78 is 0. The lowest BCUT2D eigenvalue weighted by Crippen LogP contribution is -2.51. The minimum Gasteiger partial charge on any atom is -0.342 e. The Bertz CT molecular complexity index is 534. The molecule has 1 aliphatic rings. The van der Waals surface area contributed by atoms with Crippen LogP contribution in [0.4, 0.5) is 0 Å².